The Hall–Kier alpha value is -3.02. The van der Waals surface area contributed by atoms with Crippen LogP contribution >= 0.6 is 0 Å². The first kappa shape index (κ1) is 19.3. The number of hydrogen-bond acceptors (Lipinski definition) is 6. The maximum absolute atomic E-state index is 12.3. The highest BCUT2D eigenvalue weighted by atomic mass is 16.6. The van der Waals surface area contributed by atoms with Gasteiger partial charge in [-0.3, -0.25) is 4.79 Å². The van der Waals surface area contributed by atoms with Crippen LogP contribution in [0.5, 0.6) is 17.2 Å². The molecule has 6 heteroatoms. The van der Waals surface area contributed by atoms with Gasteiger partial charge in [-0.25, -0.2) is 4.79 Å². The van der Waals surface area contributed by atoms with Crippen LogP contribution in [0, 0.1) is 0 Å². The first-order valence-electron chi connectivity index (χ1n) is 8.20. The van der Waals surface area contributed by atoms with E-state index >= 15 is 0 Å². The fraction of sp³-hybridized carbons (Fsp3) is 0.300. The zero-order valence-corrected chi connectivity index (χ0v) is 15.1. The molecule has 0 amide bonds. The molecular weight excluding hydrogens is 336 g/mol. The van der Waals surface area contributed by atoms with E-state index in [0.29, 0.717) is 17.2 Å². The van der Waals surface area contributed by atoms with Gasteiger partial charge in [0.2, 0.25) is 5.78 Å². The smallest absolute Gasteiger partial charge is 0.344 e. The predicted octanol–water partition coefficient (Wildman–Crippen LogP) is 3.07. The lowest BCUT2D eigenvalue weighted by Gasteiger charge is -2.10. The van der Waals surface area contributed by atoms with Gasteiger partial charge in [-0.2, -0.15) is 0 Å². The van der Waals surface area contributed by atoms with Crippen molar-refractivity contribution in [3.8, 4) is 17.2 Å². The Morgan fingerprint density at radius 1 is 0.885 bits per heavy atom. The van der Waals surface area contributed by atoms with E-state index < -0.39 is 12.6 Å². The Morgan fingerprint density at radius 2 is 1.58 bits per heavy atom. The van der Waals surface area contributed by atoms with Crippen LogP contribution in [-0.2, 0) is 16.0 Å². The second-order valence-electron chi connectivity index (χ2n) is 5.44. The number of ether oxygens (including phenoxy) is 4. The van der Waals surface area contributed by atoms with E-state index in [1.807, 2.05) is 12.1 Å². The molecule has 0 unspecified atom stereocenters. The van der Waals surface area contributed by atoms with Gasteiger partial charge in [-0.1, -0.05) is 19.1 Å². The van der Waals surface area contributed by atoms with Gasteiger partial charge in [0, 0.05) is 0 Å². The van der Waals surface area contributed by atoms with Crippen LogP contribution in [-0.4, -0.2) is 39.2 Å². The number of hydrogen-bond donors (Lipinski definition) is 0. The van der Waals surface area contributed by atoms with Crippen molar-refractivity contribution in [3.63, 3.8) is 0 Å². The number of carbonyl (C=O) groups excluding carboxylic acids is 2. The summed E-state index contributed by atoms with van der Waals surface area (Å²) in [5.74, 6) is 0.458. The highest BCUT2D eigenvalue weighted by Gasteiger charge is 2.16. The largest absolute Gasteiger partial charge is 0.497 e. The molecule has 0 fully saturated rings. The van der Waals surface area contributed by atoms with Gasteiger partial charge >= 0.3 is 5.97 Å². The summed E-state index contributed by atoms with van der Waals surface area (Å²) < 4.78 is 20.6. The minimum Gasteiger partial charge on any atom is -0.497 e. The van der Waals surface area contributed by atoms with Crippen molar-refractivity contribution in [3.05, 3.63) is 53.6 Å². The summed E-state index contributed by atoms with van der Waals surface area (Å²) >= 11 is 0. The van der Waals surface area contributed by atoms with Gasteiger partial charge in [0.15, 0.2) is 13.2 Å². The number of esters is 1. The van der Waals surface area contributed by atoms with E-state index in [4.69, 9.17) is 18.9 Å². The van der Waals surface area contributed by atoms with Crippen LogP contribution in [0.2, 0.25) is 0 Å². The van der Waals surface area contributed by atoms with Gasteiger partial charge in [0.05, 0.1) is 19.8 Å². The number of benzene rings is 2. The Bertz CT molecular complexity index is 751. The first-order chi connectivity index (χ1) is 12.6. The fourth-order valence-electron chi connectivity index (χ4n) is 2.26. The summed E-state index contributed by atoms with van der Waals surface area (Å²) in [6.45, 7) is 1.38. The monoisotopic (exact) mass is 358 g/mol. The molecular formula is C20H22O6. The number of ketones is 1. The van der Waals surface area contributed by atoms with Crippen molar-refractivity contribution in [1.82, 2.24) is 0 Å². The Kier molecular flexibility index (Phi) is 7.02. The number of Topliss-reactive ketones (excluding diaryl/α,β-unsaturated/α-hetero) is 1. The molecule has 0 saturated heterocycles. The van der Waals surface area contributed by atoms with Crippen LogP contribution in [0.15, 0.2) is 42.5 Å². The third kappa shape index (κ3) is 5.24. The van der Waals surface area contributed by atoms with E-state index in [-0.39, 0.29) is 18.0 Å². The zero-order chi connectivity index (χ0) is 18.9. The predicted molar refractivity (Wildman–Crippen MR) is 96.2 cm³/mol. The van der Waals surface area contributed by atoms with Gasteiger partial charge < -0.3 is 18.9 Å². The lowest BCUT2D eigenvalue weighted by atomic mass is 10.1. The summed E-state index contributed by atoms with van der Waals surface area (Å²) in [6.07, 6.45) is 0.929. The van der Waals surface area contributed by atoms with Gasteiger partial charge in [0.25, 0.3) is 0 Å². The highest BCUT2D eigenvalue weighted by molar-refractivity contribution is 6.00. The van der Waals surface area contributed by atoms with Crippen LogP contribution in [0.3, 0.4) is 0 Å². The first-order valence-corrected chi connectivity index (χ1v) is 8.20. The van der Waals surface area contributed by atoms with E-state index in [9.17, 15) is 9.59 Å². The zero-order valence-electron chi connectivity index (χ0n) is 15.1. The van der Waals surface area contributed by atoms with Crippen molar-refractivity contribution in [2.24, 2.45) is 0 Å². The topological polar surface area (TPSA) is 71.1 Å². The van der Waals surface area contributed by atoms with Gasteiger partial charge in [0.1, 0.15) is 17.2 Å². The molecule has 0 heterocycles. The summed E-state index contributed by atoms with van der Waals surface area (Å²) in [5.41, 5.74) is 1.47. The molecule has 6 nitrogen and oxygen atoms in total. The minimum absolute atomic E-state index is 0.270. The van der Waals surface area contributed by atoms with Crippen LogP contribution in [0.4, 0.5) is 0 Å². The molecule has 0 aliphatic rings. The van der Waals surface area contributed by atoms with E-state index in [1.54, 1.807) is 30.3 Å². The molecule has 0 aliphatic carbocycles. The number of aryl methyl sites for hydroxylation is 1. The minimum atomic E-state index is -0.625. The summed E-state index contributed by atoms with van der Waals surface area (Å²) in [4.78, 5) is 24.1. The maximum atomic E-state index is 12.3. The molecule has 0 aromatic heterocycles. The normalized spacial score (nSPS) is 10.1. The Balaban J connectivity index is 1.87. The van der Waals surface area contributed by atoms with Crippen molar-refractivity contribution < 1.29 is 28.5 Å². The average molecular weight is 358 g/mol. The van der Waals surface area contributed by atoms with Gasteiger partial charge in [-0.05, 0) is 42.3 Å². The molecule has 2 rings (SSSR count). The molecule has 2 aromatic carbocycles. The van der Waals surface area contributed by atoms with Crippen LogP contribution in [0.25, 0.3) is 0 Å². The standard InChI is InChI=1S/C20H22O6/c1-4-14-5-7-15(8-6-14)25-13-20(22)26-12-18(21)17-11-16(23-2)9-10-19(17)24-3/h5-11H,4,12-13H2,1-3H3. The molecule has 0 saturated carbocycles. The molecule has 0 aliphatic heterocycles. The SMILES string of the molecule is CCc1ccc(OCC(=O)OCC(=O)c2cc(OC)ccc2OC)cc1. The van der Waals surface area contributed by atoms with Crippen LogP contribution < -0.4 is 14.2 Å². The average Bonchev–Trinajstić information content (AvgIpc) is 2.70. The summed E-state index contributed by atoms with van der Waals surface area (Å²) in [7, 11) is 2.96. The Labute approximate surface area is 152 Å². The van der Waals surface area contributed by atoms with Crippen molar-refractivity contribution in [2.45, 2.75) is 13.3 Å². The second-order valence-corrected chi connectivity index (χ2v) is 5.44. The Morgan fingerprint density at radius 3 is 2.19 bits per heavy atom. The third-order valence-electron chi connectivity index (χ3n) is 3.76. The fourth-order valence-corrected chi connectivity index (χ4v) is 2.26. The van der Waals surface area contributed by atoms with E-state index in [2.05, 4.69) is 6.92 Å². The van der Waals surface area contributed by atoms with Crippen molar-refractivity contribution in [1.29, 1.82) is 0 Å². The lowest BCUT2D eigenvalue weighted by molar-refractivity contribution is -0.144. The molecule has 0 spiro atoms. The molecule has 0 radical (unpaired) electrons. The van der Waals surface area contributed by atoms with Crippen molar-refractivity contribution in [2.75, 3.05) is 27.4 Å². The summed E-state index contributed by atoms with van der Waals surface area (Å²) in [5, 5.41) is 0. The molecule has 26 heavy (non-hydrogen) atoms. The van der Waals surface area contributed by atoms with Gasteiger partial charge in [-0.15, -0.1) is 0 Å². The summed E-state index contributed by atoms with van der Waals surface area (Å²) in [6, 6.07) is 12.3. The third-order valence-corrected chi connectivity index (χ3v) is 3.76. The van der Waals surface area contributed by atoms with Crippen LogP contribution in [0.1, 0.15) is 22.8 Å². The molecule has 0 atom stereocenters. The van der Waals surface area contributed by atoms with Crippen molar-refractivity contribution >= 4 is 11.8 Å². The second kappa shape index (κ2) is 9.46. The number of rotatable bonds is 9. The molecule has 2 aromatic rings. The molecule has 138 valence electrons. The number of carbonyl (C=O) groups is 2. The molecule has 0 N–H and O–H groups in total. The van der Waals surface area contributed by atoms with E-state index in [0.717, 1.165) is 6.42 Å². The molecule has 0 bridgehead atoms. The quantitative estimate of drug-likeness (QED) is 0.507. The van der Waals surface area contributed by atoms with E-state index in [1.165, 1.54) is 19.8 Å². The lowest BCUT2D eigenvalue weighted by Crippen LogP contribution is -2.20. The maximum Gasteiger partial charge on any atom is 0.344 e. The number of methoxy groups -OCH3 is 2. The highest BCUT2D eigenvalue weighted by Crippen LogP contribution is 2.24.